The lowest BCUT2D eigenvalue weighted by Crippen LogP contribution is -2.28. The third-order valence-electron chi connectivity index (χ3n) is 3.03. The molecule has 0 unspecified atom stereocenters. The topological polar surface area (TPSA) is 101 Å². The van der Waals surface area contributed by atoms with E-state index in [1.54, 1.807) is 0 Å². The average molecular weight is 290 g/mol. The fraction of sp³-hybridized carbons (Fsp3) is 0.0769. The van der Waals surface area contributed by atoms with Crippen molar-refractivity contribution in [1.82, 2.24) is 5.16 Å². The van der Waals surface area contributed by atoms with Crippen LogP contribution in [-0.2, 0) is 11.3 Å². The van der Waals surface area contributed by atoms with Gasteiger partial charge >= 0.3 is 5.97 Å². The van der Waals surface area contributed by atoms with Crippen molar-refractivity contribution in [2.45, 2.75) is 6.54 Å². The van der Waals surface area contributed by atoms with E-state index < -0.39 is 23.5 Å². The van der Waals surface area contributed by atoms with Crippen LogP contribution in [0.1, 0.15) is 26.6 Å². The molecule has 1 amide bonds. The maximum absolute atomic E-state index is 13.1. The second-order valence-corrected chi connectivity index (χ2v) is 4.37. The number of Topliss-reactive ketones (excluding diaryl/α,β-unsaturated/α-hetero) is 1. The monoisotopic (exact) mass is 290 g/mol. The smallest absolute Gasteiger partial charge is 0.358 e. The number of halogens is 1. The summed E-state index contributed by atoms with van der Waals surface area (Å²) in [6, 6.07) is 4.57. The molecule has 21 heavy (non-hydrogen) atoms. The molecule has 2 heterocycles. The normalized spacial score (nSPS) is 13.7. The standard InChI is InChI=1S/C13H7FN2O5/c14-6-1-2-10-8(3-6)11(17)12(18)16(10)5-7-4-9(13(19)20)15-21-7/h1-4H,5H2,(H,19,20). The maximum Gasteiger partial charge on any atom is 0.358 e. The molecule has 1 aromatic heterocycles. The Morgan fingerprint density at radius 3 is 2.76 bits per heavy atom. The number of benzene rings is 1. The molecule has 0 bridgehead atoms. The molecule has 7 nitrogen and oxygen atoms in total. The predicted octanol–water partition coefficient (Wildman–Crippen LogP) is 1.24. The summed E-state index contributed by atoms with van der Waals surface area (Å²) in [6.07, 6.45) is 0. The summed E-state index contributed by atoms with van der Waals surface area (Å²) < 4.78 is 17.9. The van der Waals surface area contributed by atoms with Crippen LogP contribution < -0.4 is 4.90 Å². The van der Waals surface area contributed by atoms with Gasteiger partial charge in [-0.1, -0.05) is 5.16 Å². The fourth-order valence-electron chi connectivity index (χ4n) is 2.07. The van der Waals surface area contributed by atoms with Gasteiger partial charge in [0.05, 0.1) is 17.8 Å². The van der Waals surface area contributed by atoms with Crippen LogP contribution in [-0.4, -0.2) is 27.9 Å². The Morgan fingerprint density at radius 1 is 1.33 bits per heavy atom. The number of carboxylic acids is 1. The van der Waals surface area contributed by atoms with E-state index in [1.807, 2.05) is 0 Å². The van der Waals surface area contributed by atoms with Crippen molar-refractivity contribution in [3.05, 3.63) is 47.1 Å². The Balaban J connectivity index is 1.94. The molecule has 1 N–H and O–H groups in total. The zero-order valence-electron chi connectivity index (χ0n) is 10.4. The summed E-state index contributed by atoms with van der Waals surface area (Å²) in [5, 5.41) is 12.1. The second-order valence-electron chi connectivity index (χ2n) is 4.37. The number of aromatic nitrogens is 1. The number of nitrogens with zero attached hydrogens (tertiary/aromatic N) is 2. The van der Waals surface area contributed by atoms with Crippen molar-refractivity contribution in [3.8, 4) is 0 Å². The van der Waals surface area contributed by atoms with Gasteiger partial charge in [-0.05, 0) is 18.2 Å². The van der Waals surface area contributed by atoms with Gasteiger partial charge in [0, 0.05) is 6.07 Å². The van der Waals surface area contributed by atoms with Crippen molar-refractivity contribution >= 4 is 23.3 Å². The molecule has 0 atom stereocenters. The number of anilines is 1. The van der Waals surface area contributed by atoms with Crippen LogP contribution in [0.4, 0.5) is 10.1 Å². The first-order valence-electron chi connectivity index (χ1n) is 5.82. The number of aromatic carboxylic acids is 1. The Bertz CT molecular complexity index is 783. The number of ketones is 1. The molecule has 0 fully saturated rings. The van der Waals surface area contributed by atoms with Crippen molar-refractivity contribution in [2.24, 2.45) is 0 Å². The third kappa shape index (κ3) is 2.06. The number of hydrogen-bond donors (Lipinski definition) is 1. The number of hydrogen-bond acceptors (Lipinski definition) is 5. The van der Waals surface area contributed by atoms with E-state index in [9.17, 15) is 18.8 Å². The summed E-state index contributed by atoms with van der Waals surface area (Å²) >= 11 is 0. The molecule has 0 radical (unpaired) electrons. The van der Waals surface area contributed by atoms with Crippen molar-refractivity contribution in [2.75, 3.05) is 4.90 Å². The van der Waals surface area contributed by atoms with Gasteiger partial charge in [-0.2, -0.15) is 0 Å². The first-order chi connectivity index (χ1) is 9.97. The first-order valence-corrected chi connectivity index (χ1v) is 5.82. The molecule has 2 aromatic rings. The third-order valence-corrected chi connectivity index (χ3v) is 3.03. The summed E-state index contributed by atoms with van der Waals surface area (Å²) in [4.78, 5) is 35.5. The number of carbonyl (C=O) groups excluding carboxylic acids is 2. The van der Waals surface area contributed by atoms with Crippen molar-refractivity contribution in [3.63, 3.8) is 0 Å². The Hall–Kier alpha value is -3.03. The average Bonchev–Trinajstić information content (AvgIpc) is 2.99. The summed E-state index contributed by atoms with van der Waals surface area (Å²) in [7, 11) is 0. The minimum atomic E-state index is -1.27. The quantitative estimate of drug-likeness (QED) is 0.853. The molecular formula is C13H7FN2O5. The number of carboxylic acid groups (broad SMARTS) is 1. The van der Waals surface area contributed by atoms with Crippen LogP contribution in [0.25, 0.3) is 0 Å². The first kappa shape index (κ1) is 13.0. The molecule has 0 aliphatic carbocycles. The minimum absolute atomic E-state index is 0.0297. The van der Waals surface area contributed by atoms with Crippen molar-refractivity contribution in [1.29, 1.82) is 0 Å². The summed E-state index contributed by atoms with van der Waals surface area (Å²) in [5.74, 6) is -3.43. The Morgan fingerprint density at radius 2 is 2.10 bits per heavy atom. The van der Waals surface area contributed by atoms with E-state index in [4.69, 9.17) is 9.63 Å². The zero-order chi connectivity index (χ0) is 15.1. The van der Waals surface area contributed by atoms with E-state index >= 15 is 0 Å². The van der Waals surface area contributed by atoms with Gasteiger partial charge in [0.2, 0.25) is 0 Å². The van der Waals surface area contributed by atoms with E-state index in [0.29, 0.717) is 0 Å². The number of carbonyl (C=O) groups is 3. The van der Waals surface area contributed by atoms with Gasteiger partial charge < -0.3 is 9.63 Å². The second kappa shape index (κ2) is 4.51. The van der Waals surface area contributed by atoms with Crippen LogP contribution in [0.15, 0.2) is 28.8 Å². The highest BCUT2D eigenvalue weighted by Crippen LogP contribution is 2.30. The largest absolute Gasteiger partial charge is 0.476 e. The summed E-state index contributed by atoms with van der Waals surface area (Å²) in [5.41, 5.74) is -0.0834. The van der Waals surface area contributed by atoms with E-state index in [0.717, 1.165) is 23.1 Å². The van der Waals surface area contributed by atoms with E-state index in [1.165, 1.54) is 6.07 Å². The van der Waals surface area contributed by atoms with E-state index in [2.05, 4.69) is 5.16 Å². The molecule has 3 rings (SSSR count). The molecule has 0 spiro atoms. The van der Waals surface area contributed by atoms with Crippen molar-refractivity contribution < 1.29 is 28.4 Å². The SMILES string of the molecule is O=C(O)c1cc(CN2C(=O)C(=O)c3cc(F)ccc32)on1. The number of amides is 1. The van der Waals surface area contributed by atoms with Gasteiger partial charge in [-0.15, -0.1) is 0 Å². The van der Waals surface area contributed by atoms with Gasteiger partial charge in [0.1, 0.15) is 5.82 Å². The molecule has 0 saturated heterocycles. The number of fused-ring (bicyclic) bond motifs is 1. The minimum Gasteiger partial charge on any atom is -0.476 e. The molecule has 106 valence electrons. The highest BCUT2D eigenvalue weighted by molar-refractivity contribution is 6.52. The van der Waals surface area contributed by atoms with Crippen LogP contribution in [0.2, 0.25) is 0 Å². The highest BCUT2D eigenvalue weighted by Gasteiger charge is 2.36. The van der Waals surface area contributed by atoms with Gasteiger partial charge in [-0.3, -0.25) is 14.5 Å². The van der Waals surface area contributed by atoms with Gasteiger partial charge in [0.15, 0.2) is 11.5 Å². The molecule has 0 saturated carbocycles. The van der Waals surface area contributed by atoms with Crippen LogP contribution in [0, 0.1) is 5.82 Å². The van der Waals surface area contributed by atoms with Crippen LogP contribution in [0.5, 0.6) is 0 Å². The predicted molar refractivity (Wildman–Crippen MR) is 65.4 cm³/mol. The molecule has 1 aromatic carbocycles. The summed E-state index contributed by atoms with van der Waals surface area (Å²) in [6.45, 7) is -0.163. The lowest BCUT2D eigenvalue weighted by molar-refractivity contribution is -0.114. The lowest BCUT2D eigenvalue weighted by atomic mass is 10.1. The van der Waals surface area contributed by atoms with Gasteiger partial charge in [0.25, 0.3) is 11.7 Å². The number of rotatable bonds is 3. The highest BCUT2D eigenvalue weighted by atomic mass is 19.1. The van der Waals surface area contributed by atoms with Gasteiger partial charge in [-0.25, -0.2) is 9.18 Å². The van der Waals surface area contributed by atoms with E-state index in [-0.39, 0.29) is 29.2 Å². The van der Waals surface area contributed by atoms with Crippen LogP contribution in [0.3, 0.4) is 0 Å². The molecule has 1 aliphatic rings. The fourth-order valence-corrected chi connectivity index (χ4v) is 2.07. The lowest BCUT2D eigenvalue weighted by Gasteiger charge is -2.13. The molecule has 8 heteroatoms. The van der Waals surface area contributed by atoms with Crippen LogP contribution >= 0.6 is 0 Å². The Labute approximate surface area is 116 Å². The maximum atomic E-state index is 13.1. The zero-order valence-corrected chi connectivity index (χ0v) is 10.4. The molecular weight excluding hydrogens is 283 g/mol. The Kier molecular flexibility index (Phi) is 2.79. The molecule has 1 aliphatic heterocycles.